The van der Waals surface area contributed by atoms with Crippen molar-refractivity contribution in [3.63, 3.8) is 0 Å². The summed E-state index contributed by atoms with van der Waals surface area (Å²) in [5, 5.41) is 0.500. The summed E-state index contributed by atoms with van der Waals surface area (Å²) in [6.45, 7) is 4.51. The number of hydrogen-bond acceptors (Lipinski definition) is 5. The average Bonchev–Trinajstić information content (AvgIpc) is 2.43. The van der Waals surface area contributed by atoms with Gasteiger partial charge in [0.25, 0.3) is 0 Å². The number of rotatable bonds is 3. The molecule has 0 atom stereocenters. The smallest absolute Gasteiger partial charge is 0.187 e. The molecule has 0 spiro atoms. The summed E-state index contributed by atoms with van der Waals surface area (Å²) in [5.41, 5.74) is 0. The van der Waals surface area contributed by atoms with Gasteiger partial charge in [0, 0.05) is 19.7 Å². The van der Waals surface area contributed by atoms with Crippen molar-refractivity contribution in [1.82, 2.24) is 8.75 Å². The fourth-order valence-corrected chi connectivity index (χ4v) is 2.09. The first-order valence-corrected chi connectivity index (χ1v) is 5.26. The Hall–Kier alpha value is -0.390. The van der Waals surface area contributed by atoms with Gasteiger partial charge in [-0.3, -0.25) is 0 Å². The van der Waals surface area contributed by atoms with Gasteiger partial charge in [0.2, 0.25) is 0 Å². The molecule has 1 saturated heterocycles. The maximum atomic E-state index is 5.83. The monoisotopic (exact) mass is 219 g/mol. The Morgan fingerprint density at radius 1 is 1.62 bits per heavy atom. The van der Waals surface area contributed by atoms with E-state index in [1.807, 2.05) is 6.92 Å². The highest BCUT2D eigenvalue weighted by Gasteiger charge is 2.30. The fraction of sp³-hybridized carbons (Fsp3) is 0.714. The zero-order valence-corrected chi connectivity index (χ0v) is 8.81. The van der Waals surface area contributed by atoms with Crippen LogP contribution in [0.5, 0.6) is 0 Å². The Balaban J connectivity index is 1.90. The van der Waals surface area contributed by atoms with Gasteiger partial charge < -0.3 is 9.64 Å². The normalized spacial score (nSPS) is 17.5. The number of anilines is 1. The van der Waals surface area contributed by atoms with Crippen LogP contribution in [0.15, 0.2) is 0 Å². The van der Waals surface area contributed by atoms with Gasteiger partial charge in [0.15, 0.2) is 11.0 Å². The molecule has 1 aliphatic rings. The first-order chi connectivity index (χ1) is 6.31. The van der Waals surface area contributed by atoms with Crippen LogP contribution in [0.2, 0.25) is 5.15 Å². The molecule has 1 aromatic heterocycles. The van der Waals surface area contributed by atoms with E-state index in [9.17, 15) is 0 Å². The van der Waals surface area contributed by atoms with E-state index >= 15 is 0 Å². The van der Waals surface area contributed by atoms with Crippen LogP contribution in [0, 0.1) is 0 Å². The summed E-state index contributed by atoms with van der Waals surface area (Å²) >= 11 is 6.97. The largest absolute Gasteiger partial charge is 0.375 e. The highest BCUT2D eigenvalue weighted by molar-refractivity contribution is 6.99. The zero-order valence-electron chi connectivity index (χ0n) is 7.23. The van der Waals surface area contributed by atoms with Crippen molar-refractivity contribution in [3.8, 4) is 0 Å². The molecule has 1 fully saturated rings. The Kier molecular flexibility index (Phi) is 2.66. The standard InChI is InChI=1S/C7H10ClN3OS/c1-2-12-5-3-11(4-5)7-6(8)9-13-10-7/h5H,2-4H2,1H3. The topological polar surface area (TPSA) is 38.2 Å². The van der Waals surface area contributed by atoms with E-state index in [2.05, 4.69) is 13.6 Å². The lowest BCUT2D eigenvalue weighted by Crippen LogP contribution is -2.52. The highest BCUT2D eigenvalue weighted by Crippen LogP contribution is 2.27. The molecule has 0 radical (unpaired) electrons. The van der Waals surface area contributed by atoms with Gasteiger partial charge in [-0.2, -0.15) is 8.75 Å². The Labute approximate surface area is 85.8 Å². The van der Waals surface area contributed by atoms with E-state index in [-0.39, 0.29) is 0 Å². The molecule has 0 N–H and O–H groups in total. The highest BCUT2D eigenvalue weighted by atomic mass is 35.5. The molecule has 72 valence electrons. The Morgan fingerprint density at radius 2 is 2.38 bits per heavy atom. The lowest BCUT2D eigenvalue weighted by atomic mass is 10.2. The lowest BCUT2D eigenvalue weighted by molar-refractivity contribution is 0.0428. The molecule has 0 unspecified atom stereocenters. The predicted molar refractivity (Wildman–Crippen MR) is 52.5 cm³/mol. The molecule has 2 heterocycles. The molecular weight excluding hydrogens is 210 g/mol. The number of halogens is 1. The predicted octanol–water partition coefficient (Wildman–Crippen LogP) is 1.42. The van der Waals surface area contributed by atoms with Gasteiger partial charge in [0.1, 0.15) is 0 Å². The second kappa shape index (κ2) is 3.77. The average molecular weight is 220 g/mol. The van der Waals surface area contributed by atoms with E-state index in [4.69, 9.17) is 16.3 Å². The van der Waals surface area contributed by atoms with Crippen LogP contribution in [0.1, 0.15) is 6.92 Å². The van der Waals surface area contributed by atoms with Crippen molar-refractivity contribution < 1.29 is 4.74 Å². The number of ether oxygens (including phenoxy) is 1. The third-order valence-corrected chi connectivity index (χ3v) is 2.86. The number of aromatic nitrogens is 2. The third kappa shape index (κ3) is 1.77. The van der Waals surface area contributed by atoms with Gasteiger partial charge in [-0.05, 0) is 6.92 Å². The summed E-state index contributed by atoms with van der Waals surface area (Å²) in [6, 6.07) is 0. The van der Waals surface area contributed by atoms with Gasteiger partial charge in [-0.15, -0.1) is 0 Å². The summed E-state index contributed by atoms with van der Waals surface area (Å²) in [7, 11) is 0. The molecule has 1 aromatic rings. The molecule has 6 heteroatoms. The van der Waals surface area contributed by atoms with Crippen molar-refractivity contribution in [1.29, 1.82) is 0 Å². The van der Waals surface area contributed by atoms with Crippen molar-refractivity contribution in [2.75, 3.05) is 24.6 Å². The second-order valence-corrected chi connectivity index (χ2v) is 3.75. The van der Waals surface area contributed by atoms with Crippen LogP contribution in [0.4, 0.5) is 5.82 Å². The lowest BCUT2D eigenvalue weighted by Gasteiger charge is -2.38. The number of hydrogen-bond donors (Lipinski definition) is 0. The Bertz CT molecular complexity index is 287. The molecule has 2 rings (SSSR count). The van der Waals surface area contributed by atoms with Crippen LogP contribution in [0.25, 0.3) is 0 Å². The summed E-state index contributed by atoms with van der Waals surface area (Å²) < 4.78 is 13.4. The molecule has 0 aromatic carbocycles. The molecule has 0 saturated carbocycles. The fourth-order valence-electron chi connectivity index (χ4n) is 1.31. The Morgan fingerprint density at radius 3 is 2.92 bits per heavy atom. The minimum atomic E-state index is 0.336. The second-order valence-electron chi connectivity index (χ2n) is 2.86. The van der Waals surface area contributed by atoms with Crippen molar-refractivity contribution in [2.24, 2.45) is 0 Å². The van der Waals surface area contributed by atoms with Gasteiger partial charge in [-0.25, -0.2) is 0 Å². The van der Waals surface area contributed by atoms with E-state index in [0.717, 1.165) is 37.2 Å². The molecule has 1 aliphatic heterocycles. The van der Waals surface area contributed by atoms with E-state index in [1.54, 1.807) is 0 Å². The molecule has 0 bridgehead atoms. The van der Waals surface area contributed by atoms with E-state index in [1.165, 1.54) is 0 Å². The van der Waals surface area contributed by atoms with Crippen LogP contribution in [-0.4, -0.2) is 34.5 Å². The van der Waals surface area contributed by atoms with Crippen LogP contribution in [-0.2, 0) is 4.74 Å². The number of nitrogens with zero attached hydrogens (tertiary/aromatic N) is 3. The van der Waals surface area contributed by atoms with Crippen molar-refractivity contribution in [3.05, 3.63) is 5.15 Å². The minimum Gasteiger partial charge on any atom is -0.375 e. The summed E-state index contributed by atoms with van der Waals surface area (Å²) in [5.74, 6) is 0.794. The van der Waals surface area contributed by atoms with Gasteiger partial charge >= 0.3 is 0 Å². The summed E-state index contributed by atoms with van der Waals surface area (Å²) in [6.07, 6.45) is 0.336. The maximum absolute atomic E-state index is 5.83. The first kappa shape index (κ1) is 9.18. The van der Waals surface area contributed by atoms with Crippen LogP contribution in [0.3, 0.4) is 0 Å². The maximum Gasteiger partial charge on any atom is 0.187 e. The third-order valence-electron chi connectivity index (χ3n) is 1.98. The minimum absolute atomic E-state index is 0.336. The van der Waals surface area contributed by atoms with Gasteiger partial charge in [-0.1, -0.05) is 11.6 Å². The van der Waals surface area contributed by atoms with Gasteiger partial charge in [0.05, 0.1) is 17.8 Å². The van der Waals surface area contributed by atoms with Crippen molar-refractivity contribution >= 4 is 29.1 Å². The van der Waals surface area contributed by atoms with Crippen molar-refractivity contribution in [2.45, 2.75) is 13.0 Å². The van der Waals surface area contributed by atoms with E-state index in [0.29, 0.717) is 11.3 Å². The molecule has 13 heavy (non-hydrogen) atoms. The molecule has 0 aliphatic carbocycles. The first-order valence-electron chi connectivity index (χ1n) is 4.16. The molecular formula is C7H10ClN3OS. The quantitative estimate of drug-likeness (QED) is 0.771. The van der Waals surface area contributed by atoms with E-state index < -0.39 is 0 Å². The van der Waals surface area contributed by atoms with Crippen LogP contribution >= 0.6 is 23.3 Å². The summed E-state index contributed by atoms with van der Waals surface area (Å²) in [4.78, 5) is 2.08. The van der Waals surface area contributed by atoms with Crippen LogP contribution < -0.4 is 4.90 Å². The SMILES string of the molecule is CCOC1CN(c2nsnc2Cl)C1. The zero-order chi connectivity index (χ0) is 9.26. The molecule has 0 amide bonds. The molecule has 4 nitrogen and oxygen atoms in total.